The maximum absolute atomic E-state index is 12.4. The maximum atomic E-state index is 12.4. The molecule has 3 rings (SSSR count). The number of benzene rings is 2. The van der Waals surface area contributed by atoms with Crippen molar-refractivity contribution in [3.8, 4) is 11.5 Å². The highest BCUT2D eigenvalue weighted by molar-refractivity contribution is 5.85. The molecular weight excluding hydrogens is 375 g/mol. The normalized spacial score (nSPS) is 14.2. The fourth-order valence-electron chi connectivity index (χ4n) is 2.96. The standard InChI is InChI=1S/C19H22N2O3.2ClH/c22-17-7-6-16(12-18(17)23)13-19(24)21-10-8-20(9-11-21)14-15-4-2-1-3-5-15;;/h1-7,12,22-23H,8-11,13-14H2;2*1H. The molecular formula is C19H24Cl2N2O3. The molecule has 0 aromatic heterocycles. The van der Waals surface area contributed by atoms with Gasteiger partial charge < -0.3 is 15.1 Å². The Balaban J connectivity index is 0.00000169. The first-order valence-corrected chi connectivity index (χ1v) is 8.17. The van der Waals surface area contributed by atoms with E-state index in [2.05, 4.69) is 17.0 Å². The molecule has 0 radical (unpaired) electrons. The number of phenolic OH excluding ortho intramolecular Hbond substituents is 2. The SMILES string of the molecule is Cl.Cl.O=C(Cc1ccc(O)c(O)c1)N1CCN(Cc2ccccc2)CC1. The van der Waals surface area contributed by atoms with Crippen LogP contribution in [0.5, 0.6) is 11.5 Å². The molecule has 2 N–H and O–H groups in total. The van der Waals surface area contributed by atoms with Crippen molar-refractivity contribution in [3.63, 3.8) is 0 Å². The average Bonchev–Trinajstić information content (AvgIpc) is 2.60. The lowest BCUT2D eigenvalue weighted by atomic mass is 10.1. The van der Waals surface area contributed by atoms with Crippen LogP contribution >= 0.6 is 24.8 Å². The number of hydrogen-bond donors (Lipinski definition) is 2. The zero-order chi connectivity index (χ0) is 16.9. The van der Waals surface area contributed by atoms with Crippen LogP contribution in [0.15, 0.2) is 48.5 Å². The summed E-state index contributed by atoms with van der Waals surface area (Å²) in [6, 6.07) is 14.9. The molecule has 0 bridgehead atoms. The predicted molar refractivity (Wildman–Crippen MR) is 106 cm³/mol. The molecule has 1 amide bonds. The van der Waals surface area contributed by atoms with E-state index in [9.17, 15) is 15.0 Å². The highest BCUT2D eigenvalue weighted by atomic mass is 35.5. The monoisotopic (exact) mass is 398 g/mol. The third-order valence-corrected chi connectivity index (χ3v) is 4.37. The van der Waals surface area contributed by atoms with E-state index in [0.717, 1.165) is 32.7 Å². The summed E-state index contributed by atoms with van der Waals surface area (Å²) >= 11 is 0. The molecule has 142 valence electrons. The van der Waals surface area contributed by atoms with E-state index in [-0.39, 0.29) is 48.6 Å². The van der Waals surface area contributed by atoms with Gasteiger partial charge in [0.1, 0.15) is 0 Å². The summed E-state index contributed by atoms with van der Waals surface area (Å²) in [5.41, 5.74) is 2.00. The van der Waals surface area contributed by atoms with Crippen LogP contribution in [-0.4, -0.2) is 52.1 Å². The summed E-state index contributed by atoms with van der Waals surface area (Å²) in [6.07, 6.45) is 0.243. The van der Waals surface area contributed by atoms with Gasteiger partial charge in [0, 0.05) is 32.7 Å². The van der Waals surface area contributed by atoms with E-state index in [1.165, 1.54) is 17.7 Å². The lowest BCUT2D eigenvalue weighted by Gasteiger charge is -2.34. The molecule has 0 atom stereocenters. The molecule has 1 fully saturated rings. The Morgan fingerprint density at radius 3 is 2.12 bits per heavy atom. The van der Waals surface area contributed by atoms with Gasteiger partial charge >= 0.3 is 0 Å². The van der Waals surface area contributed by atoms with Crippen molar-refractivity contribution in [3.05, 3.63) is 59.7 Å². The highest BCUT2D eigenvalue weighted by Gasteiger charge is 2.21. The Labute approximate surface area is 166 Å². The molecule has 1 heterocycles. The van der Waals surface area contributed by atoms with Crippen LogP contribution in [0.25, 0.3) is 0 Å². The van der Waals surface area contributed by atoms with Crippen molar-refractivity contribution in [2.24, 2.45) is 0 Å². The molecule has 0 saturated carbocycles. The van der Waals surface area contributed by atoms with E-state index in [1.54, 1.807) is 6.07 Å². The van der Waals surface area contributed by atoms with Crippen LogP contribution in [-0.2, 0) is 17.8 Å². The number of amides is 1. The van der Waals surface area contributed by atoms with Gasteiger partial charge in [-0.15, -0.1) is 24.8 Å². The van der Waals surface area contributed by atoms with Crippen molar-refractivity contribution in [1.29, 1.82) is 0 Å². The average molecular weight is 399 g/mol. The summed E-state index contributed by atoms with van der Waals surface area (Å²) in [5.74, 6) is -0.298. The van der Waals surface area contributed by atoms with Gasteiger partial charge in [-0.05, 0) is 23.3 Å². The molecule has 2 aromatic carbocycles. The first-order valence-electron chi connectivity index (χ1n) is 8.17. The molecule has 26 heavy (non-hydrogen) atoms. The molecule has 0 spiro atoms. The molecule has 1 aliphatic rings. The zero-order valence-corrected chi connectivity index (χ0v) is 16.0. The minimum Gasteiger partial charge on any atom is -0.504 e. The molecule has 7 heteroatoms. The second kappa shape index (κ2) is 10.3. The summed E-state index contributed by atoms with van der Waals surface area (Å²) in [6.45, 7) is 4.07. The van der Waals surface area contributed by atoms with Crippen LogP contribution in [0.4, 0.5) is 0 Å². The lowest BCUT2D eigenvalue weighted by molar-refractivity contribution is -0.132. The minimum absolute atomic E-state index is 0. The van der Waals surface area contributed by atoms with Crippen LogP contribution in [0.2, 0.25) is 0 Å². The third kappa shape index (κ3) is 5.80. The van der Waals surface area contributed by atoms with Crippen molar-refractivity contribution < 1.29 is 15.0 Å². The summed E-state index contributed by atoms with van der Waals surface area (Å²) < 4.78 is 0. The number of halogens is 2. The fraction of sp³-hybridized carbons (Fsp3) is 0.316. The molecule has 1 aliphatic heterocycles. The van der Waals surface area contributed by atoms with Gasteiger partial charge in [-0.25, -0.2) is 0 Å². The van der Waals surface area contributed by atoms with Gasteiger partial charge in [0.25, 0.3) is 0 Å². The number of phenols is 2. The second-order valence-corrected chi connectivity index (χ2v) is 6.14. The molecule has 0 aliphatic carbocycles. The molecule has 2 aromatic rings. The largest absolute Gasteiger partial charge is 0.504 e. The number of nitrogens with zero attached hydrogens (tertiary/aromatic N) is 2. The van der Waals surface area contributed by atoms with Crippen molar-refractivity contribution in [1.82, 2.24) is 9.80 Å². The second-order valence-electron chi connectivity index (χ2n) is 6.14. The van der Waals surface area contributed by atoms with Crippen LogP contribution in [0, 0.1) is 0 Å². The molecule has 5 nitrogen and oxygen atoms in total. The van der Waals surface area contributed by atoms with Crippen molar-refractivity contribution in [2.45, 2.75) is 13.0 Å². The Hall–Kier alpha value is -1.95. The van der Waals surface area contributed by atoms with E-state index in [0.29, 0.717) is 5.56 Å². The Morgan fingerprint density at radius 2 is 1.50 bits per heavy atom. The number of hydrogen-bond acceptors (Lipinski definition) is 4. The van der Waals surface area contributed by atoms with Gasteiger partial charge in [0.15, 0.2) is 11.5 Å². The van der Waals surface area contributed by atoms with Gasteiger partial charge in [0.05, 0.1) is 6.42 Å². The Morgan fingerprint density at radius 1 is 0.846 bits per heavy atom. The fourth-order valence-corrected chi connectivity index (χ4v) is 2.96. The van der Waals surface area contributed by atoms with Gasteiger partial charge in [-0.2, -0.15) is 0 Å². The summed E-state index contributed by atoms with van der Waals surface area (Å²) in [5, 5.41) is 18.8. The van der Waals surface area contributed by atoms with Crippen molar-refractivity contribution in [2.75, 3.05) is 26.2 Å². The first-order chi connectivity index (χ1) is 11.6. The Bertz CT molecular complexity index is 705. The lowest BCUT2D eigenvalue weighted by Crippen LogP contribution is -2.48. The van der Waals surface area contributed by atoms with Crippen LogP contribution in [0.1, 0.15) is 11.1 Å². The zero-order valence-electron chi connectivity index (χ0n) is 14.4. The van der Waals surface area contributed by atoms with E-state index in [1.807, 2.05) is 23.1 Å². The third-order valence-electron chi connectivity index (χ3n) is 4.37. The number of carbonyl (C=O) groups excluding carboxylic acids is 1. The van der Waals surface area contributed by atoms with E-state index < -0.39 is 0 Å². The smallest absolute Gasteiger partial charge is 0.227 e. The van der Waals surface area contributed by atoms with Gasteiger partial charge in [0.2, 0.25) is 5.91 Å². The van der Waals surface area contributed by atoms with Crippen molar-refractivity contribution >= 4 is 30.7 Å². The molecule has 0 unspecified atom stereocenters. The van der Waals surface area contributed by atoms with E-state index >= 15 is 0 Å². The minimum atomic E-state index is -0.187. The number of carbonyl (C=O) groups is 1. The van der Waals surface area contributed by atoms with Crippen LogP contribution < -0.4 is 0 Å². The predicted octanol–water partition coefficient (Wildman–Crippen LogP) is 2.83. The number of piperazine rings is 1. The van der Waals surface area contributed by atoms with E-state index in [4.69, 9.17) is 0 Å². The molecule has 1 saturated heterocycles. The quantitative estimate of drug-likeness (QED) is 0.777. The highest BCUT2D eigenvalue weighted by Crippen LogP contribution is 2.25. The maximum Gasteiger partial charge on any atom is 0.227 e. The van der Waals surface area contributed by atoms with Gasteiger partial charge in [-0.3, -0.25) is 9.69 Å². The van der Waals surface area contributed by atoms with Gasteiger partial charge in [-0.1, -0.05) is 36.4 Å². The first kappa shape index (κ1) is 22.1. The Kier molecular flexibility index (Phi) is 8.72. The number of rotatable bonds is 4. The summed E-state index contributed by atoms with van der Waals surface area (Å²) in [4.78, 5) is 16.6. The summed E-state index contributed by atoms with van der Waals surface area (Å²) in [7, 11) is 0. The topological polar surface area (TPSA) is 64.0 Å². The van der Waals surface area contributed by atoms with Crippen LogP contribution in [0.3, 0.4) is 0 Å². The number of aromatic hydroxyl groups is 2.